The number of hydrogen-bond acceptors (Lipinski definition) is 3. The molecule has 2 aromatic heterocycles. The van der Waals surface area contributed by atoms with E-state index in [2.05, 4.69) is 81.2 Å². The molecule has 0 N–H and O–H groups in total. The Balaban J connectivity index is 1.48. The van der Waals surface area contributed by atoms with Crippen molar-refractivity contribution in [3.63, 3.8) is 0 Å². The second-order valence-electron chi connectivity index (χ2n) is 8.14. The molecule has 0 spiro atoms. The fourth-order valence-corrected chi connectivity index (χ4v) is 4.85. The molecule has 7 rings (SSSR count). The first-order chi connectivity index (χ1) is 16.4. The lowest BCUT2D eigenvalue weighted by molar-refractivity contribution is 0.477. The summed E-state index contributed by atoms with van der Waals surface area (Å²) in [5.41, 5.74) is 6.48. The first-order valence-corrected chi connectivity index (χ1v) is 11.0. The summed E-state index contributed by atoms with van der Waals surface area (Å²) in [6.45, 7) is 0. The van der Waals surface area contributed by atoms with Gasteiger partial charge < -0.3 is 14.2 Å². The molecule has 33 heavy (non-hydrogen) atoms. The van der Waals surface area contributed by atoms with Crippen LogP contribution in [0.2, 0.25) is 0 Å². The van der Waals surface area contributed by atoms with Gasteiger partial charge in [-0.05, 0) is 54.6 Å². The molecule has 156 valence electrons. The Bertz CT molecular complexity index is 1570. The van der Waals surface area contributed by atoms with Gasteiger partial charge in [0.05, 0.1) is 28.6 Å². The predicted octanol–water partition coefficient (Wildman–Crippen LogP) is 7.75. The Morgan fingerprint density at radius 3 is 2.06 bits per heavy atom. The smallest absolute Gasteiger partial charge is 0.151 e. The van der Waals surface area contributed by atoms with E-state index in [9.17, 15) is 0 Å². The van der Waals surface area contributed by atoms with Gasteiger partial charge in [0, 0.05) is 28.3 Å². The van der Waals surface area contributed by atoms with Crippen molar-refractivity contribution in [2.45, 2.75) is 0 Å². The van der Waals surface area contributed by atoms with Crippen LogP contribution >= 0.6 is 0 Å². The number of benzene rings is 4. The molecule has 0 amide bonds. The van der Waals surface area contributed by atoms with Crippen molar-refractivity contribution in [2.24, 2.45) is 0 Å². The van der Waals surface area contributed by atoms with Gasteiger partial charge in [-0.15, -0.1) is 0 Å². The van der Waals surface area contributed by atoms with Gasteiger partial charge in [0.25, 0.3) is 0 Å². The number of para-hydroxylation sites is 5. The third kappa shape index (κ3) is 2.68. The summed E-state index contributed by atoms with van der Waals surface area (Å²) in [6.07, 6.45) is 3.80. The summed E-state index contributed by atoms with van der Waals surface area (Å²) in [5.74, 6) is 1.70. The molecule has 1 aliphatic rings. The first kappa shape index (κ1) is 18.0. The number of nitrogens with zero attached hydrogens (tertiary/aromatic N) is 3. The minimum Gasteiger partial charge on any atom is -0.453 e. The van der Waals surface area contributed by atoms with Crippen LogP contribution in [0.15, 0.2) is 116 Å². The average molecular weight is 425 g/mol. The molecular formula is C29H19N3O. The highest BCUT2D eigenvalue weighted by Gasteiger charge is 2.25. The van der Waals surface area contributed by atoms with Gasteiger partial charge in [-0.1, -0.05) is 48.5 Å². The Morgan fingerprint density at radius 2 is 1.24 bits per heavy atom. The van der Waals surface area contributed by atoms with Crippen molar-refractivity contribution < 1.29 is 4.74 Å². The molecule has 4 aromatic carbocycles. The van der Waals surface area contributed by atoms with Gasteiger partial charge in [-0.25, -0.2) is 0 Å². The number of anilines is 3. The van der Waals surface area contributed by atoms with Crippen LogP contribution in [0.5, 0.6) is 11.5 Å². The van der Waals surface area contributed by atoms with Crippen LogP contribution in [0.3, 0.4) is 0 Å². The molecule has 0 saturated heterocycles. The lowest BCUT2D eigenvalue weighted by Crippen LogP contribution is -2.15. The highest BCUT2D eigenvalue weighted by atomic mass is 16.5. The quantitative estimate of drug-likeness (QED) is 0.284. The van der Waals surface area contributed by atoms with Crippen molar-refractivity contribution in [3.05, 3.63) is 116 Å². The Labute approximate surface area is 190 Å². The number of aromatic nitrogens is 2. The normalized spacial score (nSPS) is 12.4. The monoisotopic (exact) mass is 425 g/mol. The SMILES string of the molecule is c1cc(N2c3ccccc3Oc3ccccc32)cc(-n2c3ccccc3c3ccncc32)c1. The van der Waals surface area contributed by atoms with E-state index in [-0.39, 0.29) is 0 Å². The van der Waals surface area contributed by atoms with E-state index in [1.807, 2.05) is 48.8 Å². The lowest BCUT2D eigenvalue weighted by Gasteiger charge is -2.33. The van der Waals surface area contributed by atoms with Gasteiger partial charge >= 0.3 is 0 Å². The van der Waals surface area contributed by atoms with E-state index >= 15 is 0 Å². The van der Waals surface area contributed by atoms with E-state index in [4.69, 9.17) is 4.74 Å². The highest BCUT2D eigenvalue weighted by molar-refractivity contribution is 6.09. The largest absolute Gasteiger partial charge is 0.453 e. The third-order valence-corrected chi connectivity index (χ3v) is 6.25. The van der Waals surface area contributed by atoms with Gasteiger partial charge in [0.1, 0.15) is 0 Å². The lowest BCUT2D eigenvalue weighted by atomic mass is 10.1. The second-order valence-corrected chi connectivity index (χ2v) is 8.14. The van der Waals surface area contributed by atoms with Crippen LogP contribution in [-0.2, 0) is 0 Å². The fraction of sp³-hybridized carbons (Fsp3) is 0. The number of fused-ring (bicyclic) bond motifs is 5. The Morgan fingerprint density at radius 1 is 0.576 bits per heavy atom. The molecule has 0 atom stereocenters. The van der Waals surface area contributed by atoms with Crippen molar-refractivity contribution in [1.29, 1.82) is 0 Å². The van der Waals surface area contributed by atoms with Crippen molar-refractivity contribution in [2.75, 3.05) is 4.90 Å². The predicted molar refractivity (Wildman–Crippen MR) is 133 cm³/mol. The van der Waals surface area contributed by atoms with Crippen molar-refractivity contribution in [3.8, 4) is 17.2 Å². The highest BCUT2D eigenvalue weighted by Crippen LogP contribution is 2.50. The zero-order valence-corrected chi connectivity index (χ0v) is 17.7. The number of rotatable bonds is 2. The second kappa shape index (κ2) is 6.97. The summed E-state index contributed by atoms with van der Waals surface area (Å²) in [6, 6.07) is 35.6. The van der Waals surface area contributed by atoms with Gasteiger partial charge in [0.2, 0.25) is 0 Å². The maximum Gasteiger partial charge on any atom is 0.151 e. The molecule has 0 saturated carbocycles. The molecule has 0 bridgehead atoms. The summed E-state index contributed by atoms with van der Waals surface area (Å²) in [4.78, 5) is 6.69. The topological polar surface area (TPSA) is 30.3 Å². The summed E-state index contributed by atoms with van der Waals surface area (Å²) in [7, 11) is 0. The van der Waals surface area contributed by atoms with Crippen LogP contribution in [0.1, 0.15) is 0 Å². The van der Waals surface area contributed by atoms with E-state index < -0.39 is 0 Å². The van der Waals surface area contributed by atoms with E-state index in [0.717, 1.165) is 39.8 Å². The molecule has 4 nitrogen and oxygen atoms in total. The molecule has 0 unspecified atom stereocenters. The summed E-state index contributed by atoms with van der Waals surface area (Å²) in [5, 5.41) is 2.43. The van der Waals surface area contributed by atoms with Crippen LogP contribution in [-0.4, -0.2) is 9.55 Å². The molecule has 0 aliphatic carbocycles. The molecule has 3 heterocycles. The number of pyridine rings is 1. The first-order valence-electron chi connectivity index (χ1n) is 11.0. The van der Waals surface area contributed by atoms with E-state index in [0.29, 0.717) is 0 Å². The maximum absolute atomic E-state index is 6.19. The minimum atomic E-state index is 0.850. The van der Waals surface area contributed by atoms with Gasteiger partial charge in [0.15, 0.2) is 11.5 Å². The van der Waals surface area contributed by atoms with Crippen molar-refractivity contribution >= 4 is 38.9 Å². The van der Waals surface area contributed by atoms with E-state index in [1.165, 1.54) is 16.3 Å². The number of hydrogen-bond donors (Lipinski definition) is 0. The molecule has 4 heteroatoms. The third-order valence-electron chi connectivity index (χ3n) is 6.25. The van der Waals surface area contributed by atoms with Crippen LogP contribution in [0, 0.1) is 0 Å². The number of ether oxygens (including phenoxy) is 1. The standard InChI is InChI=1S/C29H19N3O/c1-2-11-24-22(10-1)23-16-17-30-19-27(23)31(24)20-8-7-9-21(18-20)32-25-12-3-5-14-28(25)33-29-15-6-4-13-26(29)32/h1-19H. The molecule has 0 radical (unpaired) electrons. The Hall–Kier alpha value is -4.57. The summed E-state index contributed by atoms with van der Waals surface area (Å²) < 4.78 is 8.48. The van der Waals surface area contributed by atoms with E-state index in [1.54, 1.807) is 0 Å². The van der Waals surface area contributed by atoms with Gasteiger partial charge in [-0.2, -0.15) is 0 Å². The molecule has 1 aliphatic heterocycles. The molecule has 6 aromatic rings. The zero-order valence-electron chi connectivity index (χ0n) is 17.7. The van der Waals surface area contributed by atoms with Gasteiger partial charge in [-0.3, -0.25) is 4.98 Å². The molecule has 0 fully saturated rings. The van der Waals surface area contributed by atoms with Crippen LogP contribution in [0.25, 0.3) is 27.5 Å². The molecular weight excluding hydrogens is 406 g/mol. The Kier molecular flexibility index (Phi) is 3.81. The minimum absolute atomic E-state index is 0.850. The maximum atomic E-state index is 6.19. The zero-order chi connectivity index (χ0) is 21.8. The van der Waals surface area contributed by atoms with Crippen LogP contribution in [0.4, 0.5) is 17.1 Å². The summed E-state index contributed by atoms with van der Waals surface area (Å²) >= 11 is 0. The average Bonchev–Trinajstić information content (AvgIpc) is 3.22. The van der Waals surface area contributed by atoms with Crippen LogP contribution < -0.4 is 9.64 Å². The van der Waals surface area contributed by atoms with Crippen molar-refractivity contribution in [1.82, 2.24) is 9.55 Å². The fourth-order valence-electron chi connectivity index (χ4n) is 4.85.